The lowest BCUT2D eigenvalue weighted by Gasteiger charge is -2.18. The quantitative estimate of drug-likeness (QED) is 0.275. The van der Waals surface area contributed by atoms with Gasteiger partial charge < -0.3 is 15.4 Å². The van der Waals surface area contributed by atoms with E-state index in [4.69, 9.17) is 4.74 Å². The smallest absolute Gasteiger partial charge is 0.191 e. The van der Waals surface area contributed by atoms with Crippen molar-refractivity contribution in [3.05, 3.63) is 30.2 Å². The molecule has 7 nitrogen and oxygen atoms in total. The van der Waals surface area contributed by atoms with Crippen LogP contribution in [0, 0.1) is 5.41 Å². The first kappa shape index (κ1) is 19.9. The average Bonchev–Trinajstić information content (AvgIpc) is 3.26. The Morgan fingerprint density at radius 1 is 1.32 bits per heavy atom. The number of nitrogens with one attached hydrogen (secondary N) is 2. The number of ether oxygens (including phenoxy) is 1. The summed E-state index contributed by atoms with van der Waals surface area (Å²) >= 11 is 0. The Bertz CT molecular complexity index is 697. The molecule has 1 saturated carbocycles. The normalized spacial score (nSPS) is 15.7. The minimum Gasteiger partial charge on any atom is -0.382 e. The van der Waals surface area contributed by atoms with Crippen LogP contribution in [0.25, 0.3) is 5.65 Å². The number of pyridine rings is 1. The van der Waals surface area contributed by atoms with Crippen molar-refractivity contribution in [1.29, 1.82) is 0 Å². The average molecular weight is 458 g/mol. The summed E-state index contributed by atoms with van der Waals surface area (Å²) in [6.45, 7) is 5.18. The first-order valence-electron chi connectivity index (χ1n) is 8.57. The van der Waals surface area contributed by atoms with Crippen LogP contribution in [-0.4, -0.2) is 47.4 Å². The van der Waals surface area contributed by atoms with E-state index < -0.39 is 0 Å². The topological polar surface area (TPSA) is 75.8 Å². The maximum absolute atomic E-state index is 5.49. The molecule has 2 heterocycles. The molecule has 1 aliphatic rings. The van der Waals surface area contributed by atoms with Gasteiger partial charge in [-0.05, 0) is 43.7 Å². The zero-order valence-corrected chi connectivity index (χ0v) is 17.2. The van der Waals surface area contributed by atoms with Gasteiger partial charge in [-0.25, -0.2) is 0 Å². The maximum atomic E-state index is 5.49. The number of aliphatic imine (C=N–C) groups is 1. The summed E-state index contributed by atoms with van der Waals surface area (Å²) in [6.07, 6.45) is 5.60. The molecule has 3 rings (SSSR count). The molecule has 2 N–H and O–H groups in total. The zero-order chi connectivity index (χ0) is 16.8. The fourth-order valence-electron chi connectivity index (χ4n) is 2.79. The van der Waals surface area contributed by atoms with Crippen LogP contribution < -0.4 is 10.6 Å². The molecule has 8 heteroatoms. The van der Waals surface area contributed by atoms with Crippen LogP contribution in [0.2, 0.25) is 0 Å². The predicted molar refractivity (Wildman–Crippen MR) is 109 cm³/mol. The summed E-state index contributed by atoms with van der Waals surface area (Å²) in [5, 5.41) is 15.1. The van der Waals surface area contributed by atoms with E-state index in [0.29, 0.717) is 12.0 Å². The van der Waals surface area contributed by atoms with E-state index in [9.17, 15) is 0 Å². The maximum Gasteiger partial charge on any atom is 0.191 e. The van der Waals surface area contributed by atoms with Gasteiger partial charge in [0.1, 0.15) is 0 Å². The molecule has 0 unspecified atom stereocenters. The molecule has 0 radical (unpaired) electrons. The monoisotopic (exact) mass is 458 g/mol. The van der Waals surface area contributed by atoms with Gasteiger partial charge in [-0.3, -0.25) is 9.39 Å². The Hall–Kier alpha value is -1.42. The number of halogens is 1. The number of rotatable bonds is 8. The zero-order valence-electron chi connectivity index (χ0n) is 14.9. The van der Waals surface area contributed by atoms with Crippen molar-refractivity contribution in [3.63, 3.8) is 0 Å². The molecule has 0 saturated heterocycles. The van der Waals surface area contributed by atoms with Gasteiger partial charge in [0.05, 0.1) is 6.54 Å². The summed E-state index contributed by atoms with van der Waals surface area (Å²) in [7, 11) is 1.79. The largest absolute Gasteiger partial charge is 0.382 e. The summed E-state index contributed by atoms with van der Waals surface area (Å²) in [6, 6.07) is 5.87. The number of hydrogen-bond donors (Lipinski definition) is 2. The Kier molecular flexibility index (Phi) is 7.42. The Morgan fingerprint density at radius 3 is 2.88 bits per heavy atom. The Labute approximate surface area is 165 Å². The van der Waals surface area contributed by atoms with Gasteiger partial charge in [0.15, 0.2) is 17.4 Å². The van der Waals surface area contributed by atoms with Crippen LogP contribution in [0.5, 0.6) is 0 Å². The van der Waals surface area contributed by atoms with E-state index in [1.165, 1.54) is 12.8 Å². The molecule has 2 aromatic heterocycles. The molecular weight excluding hydrogens is 431 g/mol. The minimum absolute atomic E-state index is 0. The fourth-order valence-corrected chi connectivity index (χ4v) is 2.79. The van der Waals surface area contributed by atoms with Crippen molar-refractivity contribution in [1.82, 2.24) is 25.2 Å². The molecule has 0 aliphatic heterocycles. The third kappa shape index (κ3) is 5.27. The van der Waals surface area contributed by atoms with E-state index >= 15 is 0 Å². The first-order valence-corrected chi connectivity index (χ1v) is 8.57. The first-order chi connectivity index (χ1) is 11.8. The summed E-state index contributed by atoms with van der Waals surface area (Å²) in [4.78, 5) is 4.30. The van der Waals surface area contributed by atoms with Crippen LogP contribution in [-0.2, 0) is 11.3 Å². The molecule has 0 aromatic carbocycles. The van der Waals surface area contributed by atoms with Crippen LogP contribution >= 0.6 is 24.0 Å². The second-order valence-corrected chi connectivity index (χ2v) is 6.27. The number of hydrogen-bond acceptors (Lipinski definition) is 4. The van der Waals surface area contributed by atoms with E-state index in [0.717, 1.165) is 43.6 Å². The molecular formula is C17H27IN6O. The van der Waals surface area contributed by atoms with Crippen molar-refractivity contribution >= 4 is 35.6 Å². The molecule has 0 amide bonds. The lowest BCUT2D eigenvalue weighted by Crippen LogP contribution is -2.40. The number of nitrogens with zero attached hydrogens (tertiary/aromatic N) is 4. The summed E-state index contributed by atoms with van der Waals surface area (Å²) in [5.74, 6) is 1.66. The molecule has 0 bridgehead atoms. The SMILES string of the molecule is CCOCCC1(CNC(=NC)NCc2nnc3ccccn23)CC1.I. The molecule has 1 aliphatic carbocycles. The van der Waals surface area contributed by atoms with Gasteiger partial charge in [-0.2, -0.15) is 0 Å². The predicted octanol–water partition coefficient (Wildman–Crippen LogP) is 2.22. The van der Waals surface area contributed by atoms with Crippen LogP contribution in [0.1, 0.15) is 32.0 Å². The highest BCUT2D eigenvalue weighted by Gasteiger charge is 2.41. The van der Waals surface area contributed by atoms with Crippen LogP contribution in [0.3, 0.4) is 0 Å². The second kappa shape index (κ2) is 9.33. The molecule has 1 fully saturated rings. The van der Waals surface area contributed by atoms with Crippen molar-refractivity contribution in [2.45, 2.75) is 32.7 Å². The van der Waals surface area contributed by atoms with Gasteiger partial charge in [0.2, 0.25) is 0 Å². The Balaban J connectivity index is 0.00000225. The molecule has 25 heavy (non-hydrogen) atoms. The third-order valence-corrected chi connectivity index (χ3v) is 4.59. The van der Waals surface area contributed by atoms with Crippen molar-refractivity contribution in [2.24, 2.45) is 10.4 Å². The van der Waals surface area contributed by atoms with E-state index in [-0.39, 0.29) is 24.0 Å². The van der Waals surface area contributed by atoms with Crippen molar-refractivity contribution in [3.8, 4) is 0 Å². The molecule has 0 spiro atoms. The van der Waals surface area contributed by atoms with E-state index in [1.807, 2.05) is 35.7 Å². The van der Waals surface area contributed by atoms with Gasteiger partial charge in [0, 0.05) is 33.0 Å². The number of guanidine groups is 1. The fraction of sp³-hybridized carbons (Fsp3) is 0.588. The standard InChI is InChI=1S/C17H26N6O.HI/c1-3-24-11-9-17(7-8-17)13-20-16(18-2)19-12-15-22-21-14-6-4-5-10-23(14)15;/h4-6,10H,3,7-9,11-13H2,1-2H3,(H2,18,19,20);1H. The lowest BCUT2D eigenvalue weighted by atomic mass is 10.0. The van der Waals surface area contributed by atoms with Crippen molar-refractivity contribution in [2.75, 3.05) is 26.8 Å². The number of aromatic nitrogens is 3. The minimum atomic E-state index is 0. The highest BCUT2D eigenvalue weighted by molar-refractivity contribution is 14.0. The van der Waals surface area contributed by atoms with Gasteiger partial charge >= 0.3 is 0 Å². The molecule has 138 valence electrons. The summed E-state index contributed by atoms with van der Waals surface area (Å²) in [5.41, 5.74) is 1.24. The number of fused-ring (bicyclic) bond motifs is 1. The molecule has 0 atom stereocenters. The lowest BCUT2D eigenvalue weighted by molar-refractivity contribution is 0.128. The van der Waals surface area contributed by atoms with Gasteiger partial charge in [0.25, 0.3) is 0 Å². The van der Waals surface area contributed by atoms with Gasteiger partial charge in [-0.1, -0.05) is 6.07 Å². The van der Waals surface area contributed by atoms with Crippen LogP contribution in [0.15, 0.2) is 29.4 Å². The second-order valence-electron chi connectivity index (χ2n) is 6.27. The molecule has 2 aromatic rings. The Morgan fingerprint density at radius 2 is 2.16 bits per heavy atom. The van der Waals surface area contributed by atoms with E-state index in [2.05, 4.69) is 25.8 Å². The highest BCUT2D eigenvalue weighted by Crippen LogP contribution is 2.48. The summed E-state index contributed by atoms with van der Waals surface area (Å²) < 4.78 is 7.47. The van der Waals surface area contributed by atoms with Gasteiger partial charge in [-0.15, -0.1) is 34.2 Å². The highest BCUT2D eigenvalue weighted by atomic mass is 127. The third-order valence-electron chi connectivity index (χ3n) is 4.59. The van der Waals surface area contributed by atoms with Crippen LogP contribution in [0.4, 0.5) is 0 Å². The van der Waals surface area contributed by atoms with E-state index in [1.54, 1.807) is 7.05 Å². The van der Waals surface area contributed by atoms with Crippen molar-refractivity contribution < 1.29 is 4.74 Å².